The first-order chi connectivity index (χ1) is 14.1. The molecule has 2 aromatic carbocycles. The summed E-state index contributed by atoms with van der Waals surface area (Å²) < 4.78 is 12.7. The number of cyclic esters (lactones) is 1. The van der Waals surface area contributed by atoms with E-state index in [0.717, 1.165) is 17.0 Å². The highest BCUT2D eigenvalue weighted by Gasteiger charge is 2.24. The summed E-state index contributed by atoms with van der Waals surface area (Å²) in [4.78, 5) is 11.3. The molecule has 3 aromatic rings. The smallest absolute Gasteiger partial charge is 0.407 e. The first kappa shape index (κ1) is 19.6. The monoisotopic (exact) mass is 430 g/mol. The number of nitrogens with one attached hydrogen (secondary N) is 1. The molecule has 1 aromatic heterocycles. The van der Waals surface area contributed by atoms with Crippen molar-refractivity contribution >= 4 is 29.5 Å². The van der Waals surface area contributed by atoms with Crippen molar-refractivity contribution < 1.29 is 14.3 Å². The number of carbonyl (C=O) groups excluding carboxylic acids is 1. The number of thioether (sulfide) groups is 1. The Morgan fingerprint density at radius 1 is 1.21 bits per heavy atom. The standard InChI is InChI=1S/C20H19ClN4O3S/c1-2-27-16-9-7-15(8-10-16)25-18(13-3-5-14(21)6-4-13)23-24-19(25)29-12-17-11-22-20(26)28-17/h3-10,17H,2,11-12H2,1H3,(H,22,26)/t17-/m1/s1. The van der Waals surface area contributed by atoms with Crippen molar-refractivity contribution in [3.8, 4) is 22.8 Å². The Morgan fingerprint density at radius 3 is 2.62 bits per heavy atom. The molecular formula is C20H19ClN4O3S. The number of hydrogen-bond donors (Lipinski definition) is 1. The summed E-state index contributed by atoms with van der Waals surface area (Å²) in [5, 5.41) is 12.8. The maximum Gasteiger partial charge on any atom is 0.407 e. The SMILES string of the molecule is CCOc1ccc(-n2c(SC[C@H]3CNC(=O)O3)nnc2-c2ccc(Cl)cc2)cc1. The van der Waals surface area contributed by atoms with Crippen LogP contribution in [0.4, 0.5) is 4.79 Å². The molecule has 150 valence electrons. The van der Waals surface area contributed by atoms with Gasteiger partial charge in [0, 0.05) is 22.0 Å². The van der Waals surface area contributed by atoms with Gasteiger partial charge in [-0.3, -0.25) is 4.57 Å². The van der Waals surface area contributed by atoms with Gasteiger partial charge in [0.1, 0.15) is 11.9 Å². The molecule has 9 heteroatoms. The molecule has 0 bridgehead atoms. The van der Waals surface area contributed by atoms with E-state index in [1.54, 1.807) is 0 Å². The summed E-state index contributed by atoms with van der Waals surface area (Å²) in [6.45, 7) is 3.05. The molecule has 1 aliphatic heterocycles. The molecule has 1 N–H and O–H groups in total. The molecule has 7 nitrogen and oxygen atoms in total. The fraction of sp³-hybridized carbons (Fsp3) is 0.250. The fourth-order valence-electron chi connectivity index (χ4n) is 2.93. The van der Waals surface area contributed by atoms with Crippen LogP contribution in [0.25, 0.3) is 17.1 Å². The van der Waals surface area contributed by atoms with Crippen LogP contribution in [0.2, 0.25) is 5.02 Å². The van der Waals surface area contributed by atoms with Crippen LogP contribution in [0.15, 0.2) is 53.7 Å². The van der Waals surface area contributed by atoms with Gasteiger partial charge in [-0.15, -0.1) is 10.2 Å². The topological polar surface area (TPSA) is 78.3 Å². The number of benzene rings is 2. The number of amides is 1. The van der Waals surface area contributed by atoms with Crippen molar-refractivity contribution in [2.45, 2.75) is 18.2 Å². The van der Waals surface area contributed by atoms with Crippen molar-refractivity contribution in [1.29, 1.82) is 0 Å². The van der Waals surface area contributed by atoms with Crippen molar-refractivity contribution in [3.05, 3.63) is 53.6 Å². The van der Waals surface area contributed by atoms with Crippen molar-refractivity contribution in [2.24, 2.45) is 0 Å². The highest BCUT2D eigenvalue weighted by molar-refractivity contribution is 7.99. The fourth-order valence-corrected chi connectivity index (χ4v) is 4.00. The van der Waals surface area contributed by atoms with E-state index < -0.39 is 0 Å². The average Bonchev–Trinajstić information content (AvgIpc) is 3.34. The highest BCUT2D eigenvalue weighted by atomic mass is 35.5. The molecule has 4 rings (SSSR count). The Bertz CT molecular complexity index is 992. The van der Waals surface area contributed by atoms with Crippen LogP contribution < -0.4 is 10.1 Å². The molecular weight excluding hydrogens is 412 g/mol. The van der Waals surface area contributed by atoms with E-state index in [4.69, 9.17) is 21.1 Å². The number of rotatable bonds is 7. The second-order valence-corrected chi connectivity index (χ2v) is 7.72. The summed E-state index contributed by atoms with van der Waals surface area (Å²) >= 11 is 7.52. The Kier molecular flexibility index (Phi) is 5.92. The van der Waals surface area contributed by atoms with Gasteiger partial charge in [0.15, 0.2) is 11.0 Å². The molecule has 0 aliphatic carbocycles. The minimum Gasteiger partial charge on any atom is -0.494 e. The number of hydrogen-bond acceptors (Lipinski definition) is 6. The van der Waals surface area contributed by atoms with E-state index in [2.05, 4.69) is 15.5 Å². The van der Waals surface area contributed by atoms with Gasteiger partial charge >= 0.3 is 6.09 Å². The zero-order valence-corrected chi connectivity index (χ0v) is 17.2. The molecule has 1 saturated heterocycles. The third kappa shape index (κ3) is 4.49. The van der Waals surface area contributed by atoms with Crippen LogP contribution in [0.1, 0.15) is 6.92 Å². The summed E-state index contributed by atoms with van der Waals surface area (Å²) in [5.41, 5.74) is 1.81. The van der Waals surface area contributed by atoms with Gasteiger partial charge in [-0.2, -0.15) is 0 Å². The minimum atomic E-state index is -0.384. The Labute approximate surface area is 177 Å². The van der Waals surface area contributed by atoms with Crippen LogP contribution in [-0.4, -0.2) is 45.9 Å². The van der Waals surface area contributed by atoms with Gasteiger partial charge in [-0.25, -0.2) is 4.79 Å². The maximum absolute atomic E-state index is 11.3. The number of nitrogens with zero attached hydrogens (tertiary/aromatic N) is 3. The predicted octanol–water partition coefficient (Wildman–Crippen LogP) is 4.19. The Hall–Kier alpha value is -2.71. The number of carbonyl (C=O) groups is 1. The lowest BCUT2D eigenvalue weighted by atomic mass is 10.2. The molecule has 0 saturated carbocycles. The number of aromatic nitrogens is 3. The first-order valence-electron chi connectivity index (χ1n) is 9.16. The second-order valence-electron chi connectivity index (χ2n) is 6.29. The summed E-state index contributed by atoms with van der Waals surface area (Å²) in [5.74, 6) is 2.08. The van der Waals surface area contributed by atoms with Crippen LogP contribution in [0.3, 0.4) is 0 Å². The van der Waals surface area contributed by atoms with Gasteiger partial charge in [0.25, 0.3) is 0 Å². The van der Waals surface area contributed by atoms with Crippen molar-refractivity contribution in [2.75, 3.05) is 18.9 Å². The van der Waals surface area contributed by atoms with Gasteiger partial charge in [-0.05, 0) is 55.5 Å². The predicted molar refractivity (Wildman–Crippen MR) is 112 cm³/mol. The lowest BCUT2D eigenvalue weighted by molar-refractivity contribution is 0.150. The second kappa shape index (κ2) is 8.75. The van der Waals surface area contributed by atoms with Crippen LogP contribution in [0, 0.1) is 0 Å². The number of ether oxygens (including phenoxy) is 2. The van der Waals surface area contributed by atoms with E-state index in [1.807, 2.05) is 60.0 Å². The zero-order chi connectivity index (χ0) is 20.2. The van der Waals surface area contributed by atoms with Crippen molar-refractivity contribution in [3.63, 3.8) is 0 Å². The van der Waals surface area contributed by atoms with Crippen molar-refractivity contribution in [1.82, 2.24) is 20.1 Å². The Balaban J connectivity index is 1.67. The number of halogens is 1. The molecule has 1 aliphatic rings. The third-order valence-electron chi connectivity index (χ3n) is 4.29. The quantitative estimate of drug-likeness (QED) is 0.566. The highest BCUT2D eigenvalue weighted by Crippen LogP contribution is 2.30. The largest absolute Gasteiger partial charge is 0.494 e. The van der Waals surface area contributed by atoms with E-state index in [9.17, 15) is 4.79 Å². The summed E-state index contributed by atoms with van der Waals surface area (Å²) in [7, 11) is 0. The molecule has 0 radical (unpaired) electrons. The number of alkyl carbamates (subject to hydrolysis) is 1. The van der Waals surface area contributed by atoms with Gasteiger partial charge in [0.05, 0.1) is 13.2 Å². The lowest BCUT2D eigenvalue weighted by Gasteiger charge is -2.12. The molecule has 1 amide bonds. The molecule has 1 atom stereocenters. The van der Waals surface area contributed by atoms with Gasteiger partial charge < -0.3 is 14.8 Å². The van der Waals surface area contributed by atoms with E-state index in [1.165, 1.54) is 11.8 Å². The van der Waals surface area contributed by atoms with E-state index in [0.29, 0.717) is 34.9 Å². The normalized spacial score (nSPS) is 15.8. The van der Waals surface area contributed by atoms with E-state index in [-0.39, 0.29) is 12.2 Å². The molecule has 1 fully saturated rings. The molecule has 2 heterocycles. The maximum atomic E-state index is 11.3. The van der Waals surface area contributed by atoms with E-state index >= 15 is 0 Å². The van der Waals surface area contributed by atoms with Gasteiger partial charge in [-0.1, -0.05) is 23.4 Å². The van der Waals surface area contributed by atoms with Crippen LogP contribution in [0.5, 0.6) is 5.75 Å². The average molecular weight is 431 g/mol. The summed E-state index contributed by atoms with van der Waals surface area (Å²) in [6.07, 6.45) is -0.581. The van der Waals surface area contributed by atoms with Gasteiger partial charge in [0.2, 0.25) is 0 Å². The molecule has 0 spiro atoms. The molecule has 29 heavy (non-hydrogen) atoms. The lowest BCUT2D eigenvalue weighted by Crippen LogP contribution is -2.17. The zero-order valence-electron chi connectivity index (χ0n) is 15.7. The third-order valence-corrected chi connectivity index (χ3v) is 5.60. The van der Waals surface area contributed by atoms with Crippen LogP contribution >= 0.6 is 23.4 Å². The van der Waals surface area contributed by atoms with Crippen LogP contribution in [-0.2, 0) is 4.74 Å². The molecule has 0 unspecified atom stereocenters. The Morgan fingerprint density at radius 2 is 1.97 bits per heavy atom. The summed E-state index contributed by atoms with van der Waals surface area (Å²) in [6, 6.07) is 15.2. The minimum absolute atomic E-state index is 0.197. The first-order valence-corrected chi connectivity index (χ1v) is 10.5.